The van der Waals surface area contributed by atoms with E-state index in [2.05, 4.69) is 29.8 Å². The molecule has 0 radical (unpaired) electrons. The van der Waals surface area contributed by atoms with Crippen molar-refractivity contribution >= 4 is 38.0 Å². The van der Waals surface area contributed by atoms with Crippen molar-refractivity contribution < 1.29 is 17.2 Å². The van der Waals surface area contributed by atoms with E-state index < -0.39 is 27.0 Å². The fraction of sp³-hybridized carbons (Fsp3) is 0.500. The van der Waals surface area contributed by atoms with E-state index in [1.54, 1.807) is 12.3 Å². The van der Waals surface area contributed by atoms with Crippen LogP contribution in [0.3, 0.4) is 0 Å². The molecule has 2 aliphatic rings. The summed E-state index contributed by atoms with van der Waals surface area (Å²) < 4.78 is 56.6. The summed E-state index contributed by atoms with van der Waals surface area (Å²) in [6, 6.07) is 5.08. The SMILES string of the molecule is CN1CCCN(c2cc(S(=O)(=O)NC3(C#N)CC3)cc3c2cnn3-c2nnc(C(F)F)s2)CC1. The Balaban J connectivity index is 1.65. The number of hydrogen-bond donors (Lipinski definition) is 1. The highest BCUT2D eigenvalue weighted by Crippen LogP contribution is 2.38. The van der Waals surface area contributed by atoms with Crippen LogP contribution in [-0.2, 0) is 10.0 Å². The third-order valence-electron chi connectivity index (χ3n) is 6.10. The van der Waals surface area contributed by atoms with Crippen LogP contribution in [0.4, 0.5) is 14.5 Å². The van der Waals surface area contributed by atoms with Gasteiger partial charge in [-0.25, -0.2) is 21.9 Å². The van der Waals surface area contributed by atoms with E-state index in [0.717, 1.165) is 26.1 Å². The number of aromatic nitrogens is 4. The molecule has 0 atom stereocenters. The van der Waals surface area contributed by atoms with Gasteiger partial charge in [0, 0.05) is 30.7 Å². The van der Waals surface area contributed by atoms with Gasteiger partial charge in [-0.1, -0.05) is 11.3 Å². The van der Waals surface area contributed by atoms with Gasteiger partial charge in [0.05, 0.1) is 22.7 Å². The molecule has 5 rings (SSSR count). The number of anilines is 1. The Morgan fingerprint density at radius 1 is 1.21 bits per heavy atom. The molecule has 14 heteroatoms. The molecule has 1 N–H and O–H groups in total. The number of fused-ring (bicyclic) bond motifs is 1. The van der Waals surface area contributed by atoms with Crippen molar-refractivity contribution in [3.8, 4) is 11.2 Å². The van der Waals surface area contributed by atoms with Crippen LogP contribution >= 0.6 is 11.3 Å². The fourth-order valence-corrected chi connectivity index (χ4v) is 6.10. The van der Waals surface area contributed by atoms with Crippen molar-refractivity contribution in [3.05, 3.63) is 23.3 Å². The molecular weight excluding hydrogens is 486 g/mol. The van der Waals surface area contributed by atoms with Crippen LogP contribution in [0.1, 0.15) is 30.7 Å². The predicted octanol–water partition coefficient (Wildman–Crippen LogP) is 2.29. The first-order valence-corrected chi connectivity index (χ1v) is 13.0. The average Bonchev–Trinajstić information content (AvgIpc) is 3.25. The van der Waals surface area contributed by atoms with E-state index in [-0.39, 0.29) is 10.0 Å². The Labute approximate surface area is 198 Å². The van der Waals surface area contributed by atoms with E-state index >= 15 is 0 Å². The summed E-state index contributed by atoms with van der Waals surface area (Å²) in [5.41, 5.74) is 0.0133. The highest BCUT2D eigenvalue weighted by atomic mass is 32.2. The van der Waals surface area contributed by atoms with Gasteiger partial charge in [0.1, 0.15) is 5.54 Å². The van der Waals surface area contributed by atoms with Gasteiger partial charge >= 0.3 is 0 Å². The van der Waals surface area contributed by atoms with Crippen molar-refractivity contribution in [2.24, 2.45) is 0 Å². The van der Waals surface area contributed by atoms with E-state index in [1.165, 1.54) is 10.7 Å². The Morgan fingerprint density at radius 3 is 2.68 bits per heavy atom. The van der Waals surface area contributed by atoms with Crippen LogP contribution in [0.5, 0.6) is 0 Å². The molecule has 0 amide bonds. The van der Waals surface area contributed by atoms with Gasteiger partial charge in [-0.2, -0.15) is 15.1 Å². The van der Waals surface area contributed by atoms with Gasteiger partial charge in [-0.3, -0.25) is 0 Å². The van der Waals surface area contributed by atoms with E-state index in [9.17, 15) is 22.5 Å². The van der Waals surface area contributed by atoms with Crippen molar-refractivity contribution in [3.63, 3.8) is 0 Å². The van der Waals surface area contributed by atoms with Gasteiger partial charge in [0.2, 0.25) is 15.2 Å². The number of halogens is 2. The molecule has 180 valence electrons. The van der Waals surface area contributed by atoms with Gasteiger partial charge < -0.3 is 9.80 Å². The third kappa shape index (κ3) is 4.24. The molecule has 0 unspecified atom stereocenters. The molecule has 0 bridgehead atoms. The van der Waals surface area contributed by atoms with Crippen LogP contribution < -0.4 is 9.62 Å². The van der Waals surface area contributed by atoms with Gasteiger partial charge in [-0.15, -0.1) is 10.2 Å². The molecule has 1 aliphatic heterocycles. The number of alkyl halides is 2. The number of benzene rings is 1. The summed E-state index contributed by atoms with van der Waals surface area (Å²) in [4.78, 5) is 4.30. The Hall–Kier alpha value is -2.73. The Morgan fingerprint density at radius 2 is 2.00 bits per heavy atom. The second-order valence-corrected chi connectivity index (χ2v) is 11.3. The lowest BCUT2D eigenvalue weighted by molar-refractivity contribution is 0.150. The lowest BCUT2D eigenvalue weighted by Crippen LogP contribution is -2.35. The molecule has 0 spiro atoms. The minimum atomic E-state index is -4.03. The van der Waals surface area contributed by atoms with Crippen molar-refractivity contribution in [2.75, 3.05) is 38.1 Å². The number of nitriles is 1. The molecule has 2 aromatic heterocycles. The lowest BCUT2D eigenvalue weighted by Gasteiger charge is -2.24. The highest BCUT2D eigenvalue weighted by molar-refractivity contribution is 7.89. The van der Waals surface area contributed by atoms with Crippen LogP contribution in [0, 0.1) is 11.3 Å². The van der Waals surface area contributed by atoms with Crippen molar-refractivity contribution in [2.45, 2.75) is 36.1 Å². The highest BCUT2D eigenvalue weighted by Gasteiger charge is 2.47. The second-order valence-electron chi connectivity index (χ2n) is 8.60. The molecule has 34 heavy (non-hydrogen) atoms. The number of sulfonamides is 1. The summed E-state index contributed by atoms with van der Waals surface area (Å²) in [7, 11) is -1.99. The molecular formula is C20H22F2N8O2S2. The fourth-order valence-electron chi connectivity index (χ4n) is 4.02. The number of nitrogens with one attached hydrogen (secondary N) is 1. The normalized spacial score (nSPS) is 18.9. The first-order valence-electron chi connectivity index (χ1n) is 10.7. The zero-order valence-corrected chi connectivity index (χ0v) is 19.9. The third-order valence-corrected chi connectivity index (χ3v) is 8.52. The molecule has 1 aliphatic carbocycles. The second kappa shape index (κ2) is 8.49. The first kappa shape index (κ1) is 23.0. The maximum atomic E-state index is 13.3. The van der Waals surface area contributed by atoms with E-state index in [4.69, 9.17) is 0 Å². The first-order chi connectivity index (χ1) is 16.2. The number of nitrogens with zero attached hydrogens (tertiary/aromatic N) is 7. The van der Waals surface area contributed by atoms with Crippen molar-refractivity contribution in [1.82, 2.24) is 29.6 Å². The number of hydrogen-bond acceptors (Lipinski definition) is 9. The Kier molecular flexibility index (Phi) is 5.75. The zero-order chi connectivity index (χ0) is 24.1. The maximum absolute atomic E-state index is 13.3. The predicted molar refractivity (Wildman–Crippen MR) is 122 cm³/mol. The Bertz CT molecular complexity index is 1380. The minimum Gasteiger partial charge on any atom is -0.370 e. The summed E-state index contributed by atoms with van der Waals surface area (Å²) in [5, 5.41) is 21.4. The average molecular weight is 509 g/mol. The van der Waals surface area contributed by atoms with Gasteiger partial charge in [0.25, 0.3) is 6.43 Å². The number of likely N-dealkylation sites (N-methyl/N-ethyl adjacent to an activating group) is 1. The molecule has 1 saturated heterocycles. The summed E-state index contributed by atoms with van der Waals surface area (Å²) in [6.07, 6.45) is 0.626. The molecule has 3 aromatic rings. The lowest BCUT2D eigenvalue weighted by atomic mass is 10.2. The quantitative estimate of drug-likeness (QED) is 0.539. The standard InChI is InChI=1S/C20H22F2N8O2S2/c1-28-5-2-6-29(8-7-28)15-9-13(34(31,32)27-20(12-23)3-4-20)10-16-14(15)11-24-30(16)19-26-25-18(33-19)17(21)22/h9-11,17,27H,2-8H2,1H3. The topological polar surface area (TPSA) is 120 Å². The largest absolute Gasteiger partial charge is 0.370 e. The van der Waals surface area contributed by atoms with Gasteiger partial charge in [0.15, 0.2) is 5.01 Å². The number of rotatable bonds is 6. The van der Waals surface area contributed by atoms with Crippen LogP contribution in [0.25, 0.3) is 16.0 Å². The molecule has 1 saturated carbocycles. The van der Waals surface area contributed by atoms with Crippen LogP contribution in [0.15, 0.2) is 23.2 Å². The van der Waals surface area contributed by atoms with Crippen LogP contribution in [0.2, 0.25) is 0 Å². The maximum Gasteiger partial charge on any atom is 0.291 e. The van der Waals surface area contributed by atoms with Crippen molar-refractivity contribution in [1.29, 1.82) is 5.26 Å². The van der Waals surface area contributed by atoms with E-state index in [0.29, 0.717) is 47.3 Å². The summed E-state index contributed by atoms with van der Waals surface area (Å²) in [5.74, 6) is 0. The van der Waals surface area contributed by atoms with Gasteiger partial charge in [-0.05, 0) is 45.0 Å². The smallest absolute Gasteiger partial charge is 0.291 e. The minimum absolute atomic E-state index is 0.0190. The van der Waals surface area contributed by atoms with E-state index in [1.807, 2.05) is 13.1 Å². The molecule has 2 fully saturated rings. The molecule has 10 nitrogen and oxygen atoms in total. The monoisotopic (exact) mass is 508 g/mol. The zero-order valence-electron chi connectivity index (χ0n) is 18.3. The summed E-state index contributed by atoms with van der Waals surface area (Å²) >= 11 is 0.695. The van der Waals surface area contributed by atoms with Crippen LogP contribution in [-0.4, -0.2) is 72.1 Å². The summed E-state index contributed by atoms with van der Waals surface area (Å²) in [6.45, 7) is 3.13. The molecule has 3 heterocycles. The molecule has 1 aromatic carbocycles.